The second kappa shape index (κ2) is 9.32. The number of aryl methyl sites for hydroxylation is 1. The molecule has 8 heteroatoms. The third-order valence-electron chi connectivity index (χ3n) is 4.33. The third kappa shape index (κ3) is 5.74. The maximum absolute atomic E-state index is 12.3. The molecular weight excluding hydrogens is 400 g/mol. The predicted octanol–water partition coefficient (Wildman–Crippen LogP) is 3.12. The van der Waals surface area contributed by atoms with Crippen molar-refractivity contribution in [2.24, 2.45) is 5.10 Å². The van der Waals surface area contributed by atoms with E-state index < -0.39 is 15.9 Å². The number of rotatable bonds is 7. The minimum absolute atomic E-state index is 0.208. The molecule has 0 unspecified atom stereocenters. The second-order valence-electron chi connectivity index (χ2n) is 6.79. The molecule has 0 bridgehead atoms. The number of nitrogens with zero attached hydrogens (tertiary/aromatic N) is 3. The van der Waals surface area contributed by atoms with Gasteiger partial charge in [0.25, 0.3) is 5.91 Å². The van der Waals surface area contributed by atoms with E-state index in [9.17, 15) is 13.2 Å². The van der Waals surface area contributed by atoms with Crippen LogP contribution in [0.15, 0.2) is 78.2 Å². The molecular formula is C22H22N4O3S. The zero-order valence-corrected chi connectivity index (χ0v) is 17.5. The van der Waals surface area contributed by atoms with Gasteiger partial charge in [0, 0.05) is 23.5 Å². The van der Waals surface area contributed by atoms with Crippen LogP contribution in [0.2, 0.25) is 0 Å². The van der Waals surface area contributed by atoms with Gasteiger partial charge in [-0.05, 0) is 42.8 Å². The standard InChI is InChI=1S/C22H22N4O3S/c1-17-5-7-18(8-6-17)16-26(30(2,28)29)21-11-9-20(10-12-21)22(27)25-24-15-19-4-3-13-23-14-19/h3-15H,16H2,1-2H3,(H,25,27)/b24-15-. The molecule has 0 aliphatic heterocycles. The van der Waals surface area contributed by atoms with Crippen molar-refractivity contribution in [1.82, 2.24) is 10.4 Å². The molecule has 0 radical (unpaired) electrons. The summed E-state index contributed by atoms with van der Waals surface area (Å²) < 4.78 is 25.9. The molecule has 0 saturated carbocycles. The highest BCUT2D eigenvalue weighted by atomic mass is 32.2. The third-order valence-corrected chi connectivity index (χ3v) is 5.47. The lowest BCUT2D eigenvalue weighted by atomic mass is 10.1. The number of carbonyl (C=O) groups excluding carboxylic acids is 1. The Morgan fingerprint density at radius 3 is 2.40 bits per heavy atom. The molecule has 1 aromatic heterocycles. The smallest absolute Gasteiger partial charge is 0.267 e. The van der Waals surface area contributed by atoms with Crippen molar-refractivity contribution in [3.63, 3.8) is 0 Å². The van der Waals surface area contributed by atoms with Crippen LogP contribution in [-0.2, 0) is 16.6 Å². The average Bonchev–Trinajstić information content (AvgIpc) is 2.73. The summed E-state index contributed by atoms with van der Waals surface area (Å²) in [6.45, 7) is 2.18. The molecule has 0 spiro atoms. The number of hydrogen-bond acceptors (Lipinski definition) is 5. The second-order valence-corrected chi connectivity index (χ2v) is 8.69. The number of pyridine rings is 1. The van der Waals surface area contributed by atoms with Crippen LogP contribution in [-0.4, -0.2) is 31.8 Å². The molecule has 3 aromatic rings. The maximum Gasteiger partial charge on any atom is 0.271 e. The fourth-order valence-corrected chi connectivity index (χ4v) is 3.61. The van der Waals surface area contributed by atoms with Crippen molar-refractivity contribution < 1.29 is 13.2 Å². The number of carbonyl (C=O) groups is 1. The molecule has 0 fully saturated rings. The molecule has 30 heavy (non-hydrogen) atoms. The summed E-state index contributed by atoms with van der Waals surface area (Å²) in [5.41, 5.74) is 6.02. The maximum atomic E-state index is 12.3. The predicted molar refractivity (Wildman–Crippen MR) is 118 cm³/mol. The first kappa shape index (κ1) is 21.2. The van der Waals surface area contributed by atoms with Crippen molar-refractivity contribution in [3.05, 3.63) is 95.3 Å². The van der Waals surface area contributed by atoms with Crippen molar-refractivity contribution in [2.45, 2.75) is 13.5 Å². The van der Waals surface area contributed by atoms with Crippen molar-refractivity contribution in [2.75, 3.05) is 10.6 Å². The van der Waals surface area contributed by atoms with Gasteiger partial charge in [0.15, 0.2) is 0 Å². The van der Waals surface area contributed by atoms with Gasteiger partial charge in [0.2, 0.25) is 10.0 Å². The normalized spacial score (nSPS) is 11.4. The zero-order valence-electron chi connectivity index (χ0n) is 16.7. The summed E-state index contributed by atoms with van der Waals surface area (Å²) in [6.07, 6.45) is 5.93. The van der Waals surface area contributed by atoms with E-state index in [-0.39, 0.29) is 6.54 Å². The number of benzene rings is 2. The largest absolute Gasteiger partial charge is 0.271 e. The van der Waals surface area contributed by atoms with E-state index in [1.54, 1.807) is 42.7 Å². The number of sulfonamides is 1. The Hall–Kier alpha value is -3.52. The van der Waals surface area contributed by atoms with Crippen LogP contribution in [0.1, 0.15) is 27.0 Å². The van der Waals surface area contributed by atoms with Gasteiger partial charge < -0.3 is 0 Å². The van der Waals surface area contributed by atoms with Gasteiger partial charge in [-0.3, -0.25) is 14.1 Å². The fourth-order valence-electron chi connectivity index (χ4n) is 2.72. The topological polar surface area (TPSA) is 91.7 Å². The Kier molecular flexibility index (Phi) is 6.58. The fraction of sp³-hybridized carbons (Fsp3) is 0.136. The molecule has 3 rings (SSSR count). The van der Waals surface area contributed by atoms with Crippen molar-refractivity contribution >= 4 is 27.8 Å². The Labute approximate surface area is 176 Å². The molecule has 0 saturated heterocycles. The van der Waals surface area contributed by atoms with Crippen LogP contribution >= 0.6 is 0 Å². The van der Waals surface area contributed by atoms with Gasteiger partial charge >= 0.3 is 0 Å². The quantitative estimate of drug-likeness (QED) is 0.468. The number of aromatic nitrogens is 1. The lowest BCUT2D eigenvalue weighted by Crippen LogP contribution is -2.29. The summed E-state index contributed by atoms with van der Waals surface area (Å²) in [7, 11) is -3.50. The first-order chi connectivity index (χ1) is 14.3. The zero-order chi connectivity index (χ0) is 21.6. The van der Waals surface area contributed by atoms with Gasteiger partial charge in [-0.2, -0.15) is 5.10 Å². The van der Waals surface area contributed by atoms with E-state index in [1.807, 2.05) is 37.3 Å². The van der Waals surface area contributed by atoms with E-state index >= 15 is 0 Å². The van der Waals surface area contributed by atoms with Gasteiger partial charge in [-0.1, -0.05) is 35.9 Å². The number of hydrazone groups is 1. The summed E-state index contributed by atoms with van der Waals surface area (Å²) in [5.74, 6) is -0.397. The molecule has 1 amide bonds. The van der Waals surface area contributed by atoms with Gasteiger partial charge in [0.1, 0.15) is 0 Å². The monoisotopic (exact) mass is 422 g/mol. The van der Waals surface area contributed by atoms with Crippen LogP contribution in [0.3, 0.4) is 0 Å². The summed E-state index contributed by atoms with van der Waals surface area (Å²) >= 11 is 0. The molecule has 154 valence electrons. The number of nitrogens with one attached hydrogen (secondary N) is 1. The Bertz CT molecular complexity index is 1130. The molecule has 1 heterocycles. The van der Waals surface area contributed by atoms with Crippen molar-refractivity contribution in [3.8, 4) is 0 Å². The lowest BCUT2D eigenvalue weighted by molar-refractivity contribution is 0.0955. The van der Waals surface area contributed by atoms with Gasteiger partial charge in [-0.25, -0.2) is 13.8 Å². The molecule has 2 aromatic carbocycles. The van der Waals surface area contributed by atoms with E-state index in [1.165, 1.54) is 10.5 Å². The first-order valence-electron chi connectivity index (χ1n) is 9.20. The molecule has 0 atom stereocenters. The van der Waals surface area contributed by atoms with Crippen LogP contribution < -0.4 is 9.73 Å². The number of anilines is 1. The van der Waals surface area contributed by atoms with E-state index in [4.69, 9.17) is 0 Å². The molecule has 1 N–H and O–H groups in total. The lowest BCUT2D eigenvalue weighted by Gasteiger charge is -2.22. The van der Waals surface area contributed by atoms with E-state index in [0.29, 0.717) is 11.3 Å². The SMILES string of the molecule is Cc1ccc(CN(c2ccc(C(=O)N/N=C\c3cccnc3)cc2)S(C)(=O)=O)cc1. The van der Waals surface area contributed by atoms with E-state index in [0.717, 1.165) is 22.9 Å². The Morgan fingerprint density at radius 1 is 1.10 bits per heavy atom. The summed E-state index contributed by atoms with van der Waals surface area (Å²) in [5, 5.41) is 3.91. The Balaban J connectivity index is 1.72. The summed E-state index contributed by atoms with van der Waals surface area (Å²) in [4.78, 5) is 16.2. The minimum atomic E-state index is -3.50. The first-order valence-corrected chi connectivity index (χ1v) is 11.0. The summed E-state index contributed by atoms with van der Waals surface area (Å²) in [6, 6.07) is 17.6. The highest BCUT2D eigenvalue weighted by Gasteiger charge is 2.18. The van der Waals surface area contributed by atoms with Crippen LogP contribution in [0.5, 0.6) is 0 Å². The van der Waals surface area contributed by atoms with Gasteiger partial charge in [0.05, 0.1) is 24.7 Å². The molecule has 7 nitrogen and oxygen atoms in total. The minimum Gasteiger partial charge on any atom is -0.267 e. The highest BCUT2D eigenvalue weighted by molar-refractivity contribution is 7.92. The van der Waals surface area contributed by atoms with Crippen LogP contribution in [0.4, 0.5) is 5.69 Å². The van der Waals surface area contributed by atoms with E-state index in [2.05, 4.69) is 15.5 Å². The average molecular weight is 423 g/mol. The highest BCUT2D eigenvalue weighted by Crippen LogP contribution is 2.21. The molecule has 0 aliphatic rings. The number of hydrogen-bond donors (Lipinski definition) is 1. The van der Waals surface area contributed by atoms with Crippen LogP contribution in [0, 0.1) is 6.92 Å². The van der Waals surface area contributed by atoms with Crippen molar-refractivity contribution in [1.29, 1.82) is 0 Å². The van der Waals surface area contributed by atoms with Gasteiger partial charge in [-0.15, -0.1) is 0 Å². The van der Waals surface area contributed by atoms with Crippen LogP contribution in [0.25, 0.3) is 0 Å². The Morgan fingerprint density at radius 2 is 1.80 bits per heavy atom. The molecule has 0 aliphatic carbocycles. The number of amides is 1.